The van der Waals surface area contributed by atoms with E-state index < -0.39 is 5.91 Å². The van der Waals surface area contributed by atoms with Gasteiger partial charge in [-0.05, 0) is 58.8 Å². The van der Waals surface area contributed by atoms with E-state index in [-0.39, 0.29) is 12.2 Å². The maximum absolute atomic E-state index is 12.3. The zero-order chi connectivity index (χ0) is 18.2. The predicted molar refractivity (Wildman–Crippen MR) is 98.6 cm³/mol. The van der Waals surface area contributed by atoms with Crippen LogP contribution < -0.4 is 10.1 Å². The summed E-state index contributed by atoms with van der Waals surface area (Å²) in [6, 6.07) is 16.2. The Balaban J connectivity index is 2.17. The summed E-state index contributed by atoms with van der Waals surface area (Å²) in [5.41, 5.74) is 2.35. The van der Waals surface area contributed by atoms with Gasteiger partial charge in [-0.3, -0.25) is 4.79 Å². The highest BCUT2D eigenvalue weighted by atomic mass is 79.9. The SMILES string of the molecule is Cc1ccc(NC(=O)/C(C#N)=C/c2ccc(OCC#N)c(Br)c2)cc1. The van der Waals surface area contributed by atoms with E-state index in [0.29, 0.717) is 21.5 Å². The van der Waals surface area contributed by atoms with E-state index in [4.69, 9.17) is 10.00 Å². The Hall–Kier alpha value is -3.09. The summed E-state index contributed by atoms with van der Waals surface area (Å²) in [6.45, 7) is 1.89. The number of anilines is 1. The molecule has 0 saturated heterocycles. The molecule has 25 heavy (non-hydrogen) atoms. The minimum absolute atomic E-state index is 0.0156. The second kappa shape index (κ2) is 8.68. The number of ether oxygens (including phenoxy) is 1. The Morgan fingerprint density at radius 2 is 1.96 bits per heavy atom. The number of halogens is 1. The quantitative estimate of drug-likeness (QED) is 0.606. The number of rotatable bonds is 5. The van der Waals surface area contributed by atoms with Gasteiger partial charge in [-0.15, -0.1) is 0 Å². The normalized spacial score (nSPS) is 10.5. The van der Waals surface area contributed by atoms with Crippen LogP contribution in [0.4, 0.5) is 5.69 Å². The van der Waals surface area contributed by atoms with E-state index in [9.17, 15) is 10.1 Å². The molecule has 124 valence electrons. The zero-order valence-electron chi connectivity index (χ0n) is 13.4. The van der Waals surface area contributed by atoms with E-state index in [2.05, 4.69) is 21.2 Å². The fourth-order valence-corrected chi connectivity index (χ4v) is 2.50. The second-order valence-corrected chi connectivity index (χ2v) is 5.98. The molecular weight excluding hydrogens is 382 g/mol. The Bertz CT molecular complexity index is 890. The van der Waals surface area contributed by atoms with Gasteiger partial charge in [-0.2, -0.15) is 10.5 Å². The van der Waals surface area contributed by atoms with Gasteiger partial charge in [0, 0.05) is 5.69 Å². The van der Waals surface area contributed by atoms with Crippen LogP contribution >= 0.6 is 15.9 Å². The maximum Gasteiger partial charge on any atom is 0.266 e. The van der Waals surface area contributed by atoms with E-state index in [1.807, 2.05) is 31.2 Å². The van der Waals surface area contributed by atoms with Crippen LogP contribution in [0.5, 0.6) is 5.75 Å². The minimum atomic E-state index is -0.479. The van der Waals surface area contributed by atoms with Crippen LogP contribution in [0.15, 0.2) is 52.5 Å². The summed E-state index contributed by atoms with van der Waals surface area (Å²) < 4.78 is 5.87. The zero-order valence-corrected chi connectivity index (χ0v) is 15.0. The first-order valence-corrected chi connectivity index (χ1v) is 8.12. The molecule has 0 bridgehead atoms. The van der Waals surface area contributed by atoms with Crippen LogP contribution in [0.3, 0.4) is 0 Å². The van der Waals surface area contributed by atoms with Gasteiger partial charge < -0.3 is 10.1 Å². The molecule has 1 amide bonds. The molecule has 0 atom stereocenters. The van der Waals surface area contributed by atoms with Crippen LogP contribution in [0.25, 0.3) is 6.08 Å². The largest absolute Gasteiger partial charge is 0.478 e. The number of aryl methyl sites for hydroxylation is 1. The van der Waals surface area contributed by atoms with Gasteiger partial charge in [0.1, 0.15) is 23.5 Å². The number of carbonyl (C=O) groups is 1. The minimum Gasteiger partial charge on any atom is -0.478 e. The van der Waals surface area contributed by atoms with Crippen molar-refractivity contribution in [3.05, 3.63) is 63.6 Å². The number of nitriles is 2. The highest BCUT2D eigenvalue weighted by molar-refractivity contribution is 9.10. The van der Waals surface area contributed by atoms with E-state index in [1.165, 1.54) is 6.08 Å². The number of hydrogen-bond donors (Lipinski definition) is 1. The van der Waals surface area contributed by atoms with E-state index in [1.54, 1.807) is 30.3 Å². The summed E-state index contributed by atoms with van der Waals surface area (Å²) in [5, 5.41) is 20.5. The van der Waals surface area contributed by atoms with Crippen molar-refractivity contribution >= 4 is 33.6 Å². The van der Waals surface area contributed by atoms with E-state index >= 15 is 0 Å². The summed E-state index contributed by atoms with van der Waals surface area (Å²) >= 11 is 3.34. The molecule has 0 aliphatic heterocycles. The highest BCUT2D eigenvalue weighted by Crippen LogP contribution is 2.27. The molecule has 0 spiro atoms. The van der Waals surface area contributed by atoms with Crippen LogP contribution in [0.1, 0.15) is 11.1 Å². The van der Waals surface area contributed by atoms with Crippen molar-refractivity contribution in [2.75, 3.05) is 11.9 Å². The monoisotopic (exact) mass is 395 g/mol. The van der Waals surface area contributed by atoms with E-state index in [0.717, 1.165) is 5.56 Å². The standard InChI is InChI=1S/C19H14BrN3O2/c1-13-2-5-16(6-3-13)23-19(24)15(12-22)10-14-4-7-18(17(20)11-14)25-9-8-21/h2-7,10-11H,9H2,1H3,(H,23,24)/b15-10+. The van der Waals surface area contributed by atoms with Crippen molar-refractivity contribution < 1.29 is 9.53 Å². The fourth-order valence-electron chi connectivity index (χ4n) is 1.98. The van der Waals surface area contributed by atoms with Crippen molar-refractivity contribution in [2.45, 2.75) is 6.92 Å². The van der Waals surface area contributed by atoms with Crippen molar-refractivity contribution in [3.63, 3.8) is 0 Å². The molecule has 5 nitrogen and oxygen atoms in total. The van der Waals surface area contributed by atoms with Crippen LogP contribution in [0, 0.1) is 29.6 Å². The Labute approximate surface area is 154 Å². The molecule has 0 radical (unpaired) electrons. The molecule has 0 fully saturated rings. The maximum atomic E-state index is 12.3. The van der Waals surface area contributed by atoms with Crippen LogP contribution in [-0.4, -0.2) is 12.5 Å². The van der Waals surface area contributed by atoms with Gasteiger partial charge in [0.2, 0.25) is 0 Å². The lowest BCUT2D eigenvalue weighted by atomic mass is 10.1. The third-order valence-corrected chi connectivity index (χ3v) is 3.85. The van der Waals surface area contributed by atoms with Crippen LogP contribution in [0.2, 0.25) is 0 Å². The number of nitrogens with zero attached hydrogens (tertiary/aromatic N) is 2. The average Bonchev–Trinajstić information content (AvgIpc) is 2.60. The van der Waals surface area contributed by atoms with Gasteiger partial charge in [-0.25, -0.2) is 0 Å². The number of carbonyl (C=O) groups excluding carboxylic acids is 1. The summed E-state index contributed by atoms with van der Waals surface area (Å²) in [6.07, 6.45) is 1.49. The molecule has 0 aliphatic rings. The lowest BCUT2D eigenvalue weighted by Crippen LogP contribution is -2.13. The van der Waals surface area contributed by atoms with Gasteiger partial charge in [-0.1, -0.05) is 23.8 Å². The molecular formula is C19H14BrN3O2. The molecule has 0 unspecified atom stereocenters. The molecule has 0 aliphatic carbocycles. The van der Waals surface area contributed by atoms with Gasteiger partial charge >= 0.3 is 0 Å². The Morgan fingerprint density at radius 3 is 2.56 bits per heavy atom. The van der Waals surface area contributed by atoms with Crippen molar-refractivity contribution in [1.29, 1.82) is 10.5 Å². The first kappa shape index (κ1) is 18.3. The van der Waals surface area contributed by atoms with Crippen molar-refractivity contribution in [1.82, 2.24) is 0 Å². The summed E-state index contributed by atoms with van der Waals surface area (Å²) in [5.74, 6) is 0.0357. The highest BCUT2D eigenvalue weighted by Gasteiger charge is 2.10. The van der Waals surface area contributed by atoms with Crippen molar-refractivity contribution in [2.24, 2.45) is 0 Å². The van der Waals surface area contributed by atoms with Crippen molar-refractivity contribution in [3.8, 4) is 17.9 Å². The molecule has 1 N–H and O–H groups in total. The van der Waals surface area contributed by atoms with Gasteiger partial charge in [0.05, 0.1) is 4.47 Å². The van der Waals surface area contributed by atoms with Gasteiger partial charge in [0.15, 0.2) is 6.61 Å². The topological polar surface area (TPSA) is 85.9 Å². The third-order valence-electron chi connectivity index (χ3n) is 3.23. The molecule has 2 aromatic rings. The average molecular weight is 396 g/mol. The van der Waals surface area contributed by atoms with Gasteiger partial charge in [0.25, 0.3) is 5.91 Å². The molecule has 2 aromatic carbocycles. The number of amides is 1. The number of benzene rings is 2. The molecule has 0 saturated carbocycles. The first-order valence-electron chi connectivity index (χ1n) is 7.32. The molecule has 2 rings (SSSR count). The fraction of sp³-hybridized carbons (Fsp3) is 0.105. The lowest BCUT2D eigenvalue weighted by Gasteiger charge is -2.06. The Kier molecular flexibility index (Phi) is 6.33. The predicted octanol–water partition coefficient (Wildman–Crippen LogP) is 4.21. The molecule has 0 heterocycles. The second-order valence-electron chi connectivity index (χ2n) is 5.13. The smallest absolute Gasteiger partial charge is 0.266 e. The van der Waals surface area contributed by atoms with Crippen LogP contribution in [-0.2, 0) is 4.79 Å². The third kappa shape index (κ3) is 5.20. The summed E-state index contributed by atoms with van der Waals surface area (Å²) in [4.78, 5) is 12.3. The first-order chi connectivity index (χ1) is 12.0. The summed E-state index contributed by atoms with van der Waals surface area (Å²) in [7, 11) is 0. The number of nitrogens with one attached hydrogen (secondary N) is 1. The molecule has 6 heteroatoms. The number of hydrogen-bond acceptors (Lipinski definition) is 4. The Morgan fingerprint density at radius 1 is 1.24 bits per heavy atom. The molecule has 0 aromatic heterocycles. The lowest BCUT2D eigenvalue weighted by molar-refractivity contribution is -0.112.